The Kier molecular flexibility index (Phi) is 4.66. The van der Waals surface area contributed by atoms with Gasteiger partial charge in [-0.3, -0.25) is 9.59 Å². The minimum atomic E-state index is -0.644. The van der Waals surface area contributed by atoms with Gasteiger partial charge < -0.3 is 5.32 Å². The summed E-state index contributed by atoms with van der Waals surface area (Å²) in [6.45, 7) is 0.377. The molecule has 2 amide bonds. The van der Waals surface area contributed by atoms with Crippen LogP contribution in [0.25, 0.3) is 0 Å². The summed E-state index contributed by atoms with van der Waals surface area (Å²) in [7, 11) is 0. The van der Waals surface area contributed by atoms with Crippen LogP contribution in [-0.4, -0.2) is 24.4 Å². The normalized spacial score (nSPS) is 17.6. The number of anilines is 1. The molecule has 2 aromatic rings. The minimum Gasteiger partial charge on any atom is -0.305 e. The molecule has 0 saturated carbocycles. The summed E-state index contributed by atoms with van der Waals surface area (Å²) in [5.74, 6) is -1.44. The van der Waals surface area contributed by atoms with Crippen molar-refractivity contribution in [3.63, 3.8) is 0 Å². The molecular formula is C18H16F2N2O2. The maximum absolute atomic E-state index is 13.6. The quantitative estimate of drug-likeness (QED) is 0.857. The largest absolute Gasteiger partial charge is 0.305 e. The van der Waals surface area contributed by atoms with Crippen LogP contribution in [0.2, 0.25) is 0 Å². The highest BCUT2D eigenvalue weighted by Crippen LogP contribution is 2.23. The van der Waals surface area contributed by atoms with E-state index < -0.39 is 11.9 Å². The summed E-state index contributed by atoms with van der Waals surface area (Å²) in [6.07, 6.45) is 0.453. The van der Waals surface area contributed by atoms with E-state index in [9.17, 15) is 18.4 Å². The van der Waals surface area contributed by atoms with Crippen molar-refractivity contribution in [3.05, 3.63) is 65.7 Å². The van der Waals surface area contributed by atoms with Gasteiger partial charge in [0.25, 0.3) is 5.91 Å². The standard InChI is InChI=1S/C18H16F2N2O2/c19-13-5-7-14(8-6-13)22-17(23)11-16(18(22)24)21-10-9-12-3-1-2-4-15(12)20/h1-8,16,21H,9-11H2/t16-/m1/s1. The molecule has 1 fully saturated rings. The smallest absolute Gasteiger partial charge is 0.251 e. The summed E-state index contributed by atoms with van der Waals surface area (Å²) in [4.78, 5) is 25.5. The first kappa shape index (κ1) is 16.3. The van der Waals surface area contributed by atoms with E-state index in [0.29, 0.717) is 24.2 Å². The van der Waals surface area contributed by atoms with Gasteiger partial charge >= 0.3 is 0 Å². The SMILES string of the molecule is O=C1C[C@@H](NCCc2ccccc2F)C(=O)N1c1ccc(F)cc1. The average molecular weight is 330 g/mol. The van der Waals surface area contributed by atoms with Crippen LogP contribution in [0.3, 0.4) is 0 Å². The van der Waals surface area contributed by atoms with Crippen LogP contribution in [0.4, 0.5) is 14.5 Å². The molecule has 1 heterocycles. The fourth-order valence-corrected chi connectivity index (χ4v) is 2.74. The second-order valence-electron chi connectivity index (χ2n) is 5.60. The number of carbonyl (C=O) groups is 2. The Morgan fingerprint density at radius 3 is 2.46 bits per heavy atom. The highest BCUT2D eigenvalue weighted by atomic mass is 19.1. The lowest BCUT2D eigenvalue weighted by Crippen LogP contribution is -2.39. The Hall–Kier alpha value is -2.60. The second kappa shape index (κ2) is 6.88. The first-order chi connectivity index (χ1) is 11.6. The summed E-state index contributed by atoms with van der Waals surface area (Å²) < 4.78 is 26.5. The maximum atomic E-state index is 13.6. The van der Waals surface area contributed by atoms with Crippen molar-refractivity contribution in [2.45, 2.75) is 18.9 Å². The molecule has 0 unspecified atom stereocenters. The summed E-state index contributed by atoms with van der Waals surface area (Å²) in [6, 6.07) is 11.0. The number of nitrogens with one attached hydrogen (secondary N) is 1. The number of amides is 2. The molecule has 4 nitrogen and oxygen atoms in total. The van der Waals surface area contributed by atoms with E-state index in [1.54, 1.807) is 18.2 Å². The monoisotopic (exact) mass is 330 g/mol. The molecule has 24 heavy (non-hydrogen) atoms. The Morgan fingerprint density at radius 2 is 1.75 bits per heavy atom. The van der Waals surface area contributed by atoms with E-state index in [1.807, 2.05) is 0 Å². The van der Waals surface area contributed by atoms with Crippen LogP contribution in [0.1, 0.15) is 12.0 Å². The summed E-state index contributed by atoms with van der Waals surface area (Å²) >= 11 is 0. The number of hydrogen-bond acceptors (Lipinski definition) is 3. The van der Waals surface area contributed by atoms with Crippen molar-refractivity contribution in [3.8, 4) is 0 Å². The number of imide groups is 1. The molecule has 1 saturated heterocycles. The number of benzene rings is 2. The van der Waals surface area contributed by atoms with Gasteiger partial charge in [0.05, 0.1) is 18.2 Å². The zero-order chi connectivity index (χ0) is 17.1. The molecule has 0 spiro atoms. The highest BCUT2D eigenvalue weighted by molar-refractivity contribution is 6.22. The van der Waals surface area contributed by atoms with E-state index >= 15 is 0 Å². The third kappa shape index (κ3) is 3.33. The third-order valence-electron chi connectivity index (χ3n) is 3.97. The van der Waals surface area contributed by atoms with E-state index in [4.69, 9.17) is 0 Å². The van der Waals surface area contributed by atoms with Gasteiger partial charge in [-0.2, -0.15) is 0 Å². The molecule has 0 radical (unpaired) electrons. The number of nitrogens with zero attached hydrogens (tertiary/aromatic N) is 1. The first-order valence-corrected chi connectivity index (χ1v) is 7.65. The van der Waals surface area contributed by atoms with Crippen LogP contribution in [0.5, 0.6) is 0 Å². The fourth-order valence-electron chi connectivity index (χ4n) is 2.74. The second-order valence-corrected chi connectivity index (χ2v) is 5.60. The molecular weight excluding hydrogens is 314 g/mol. The number of rotatable bonds is 5. The van der Waals surface area contributed by atoms with Crippen LogP contribution in [-0.2, 0) is 16.0 Å². The minimum absolute atomic E-state index is 0.0352. The molecule has 0 bridgehead atoms. The van der Waals surface area contributed by atoms with Crippen LogP contribution < -0.4 is 10.2 Å². The van der Waals surface area contributed by atoms with Crippen molar-refractivity contribution in [1.82, 2.24) is 5.32 Å². The van der Waals surface area contributed by atoms with E-state index in [0.717, 1.165) is 4.90 Å². The van der Waals surface area contributed by atoms with Crippen LogP contribution in [0, 0.1) is 11.6 Å². The fraction of sp³-hybridized carbons (Fsp3) is 0.222. The predicted octanol–water partition coefficient (Wildman–Crippen LogP) is 2.43. The van der Waals surface area contributed by atoms with Gasteiger partial charge in [-0.1, -0.05) is 18.2 Å². The molecule has 124 valence electrons. The van der Waals surface area contributed by atoms with Gasteiger partial charge in [-0.05, 0) is 42.3 Å². The van der Waals surface area contributed by atoms with Crippen molar-refractivity contribution >= 4 is 17.5 Å². The summed E-state index contributed by atoms with van der Waals surface area (Å²) in [5.41, 5.74) is 0.905. The number of hydrogen-bond donors (Lipinski definition) is 1. The molecule has 3 rings (SSSR count). The highest BCUT2D eigenvalue weighted by Gasteiger charge is 2.39. The van der Waals surface area contributed by atoms with Crippen molar-refractivity contribution in [1.29, 1.82) is 0 Å². The Bertz CT molecular complexity index is 762. The van der Waals surface area contributed by atoms with Gasteiger partial charge in [0.2, 0.25) is 5.91 Å². The molecule has 1 atom stereocenters. The zero-order valence-electron chi connectivity index (χ0n) is 12.8. The van der Waals surface area contributed by atoms with Crippen molar-refractivity contribution < 1.29 is 18.4 Å². The Balaban J connectivity index is 1.62. The van der Waals surface area contributed by atoms with E-state index in [1.165, 1.54) is 30.3 Å². The number of halogens is 2. The van der Waals surface area contributed by atoms with Gasteiger partial charge in [0.1, 0.15) is 11.6 Å². The van der Waals surface area contributed by atoms with E-state index in [-0.39, 0.29) is 24.1 Å². The predicted molar refractivity (Wildman–Crippen MR) is 85.4 cm³/mol. The third-order valence-corrected chi connectivity index (χ3v) is 3.97. The molecule has 0 aliphatic carbocycles. The van der Waals surface area contributed by atoms with E-state index in [2.05, 4.69) is 5.32 Å². The van der Waals surface area contributed by atoms with Crippen molar-refractivity contribution in [2.24, 2.45) is 0 Å². The Morgan fingerprint density at radius 1 is 1.04 bits per heavy atom. The molecule has 1 aliphatic heterocycles. The first-order valence-electron chi connectivity index (χ1n) is 7.65. The summed E-state index contributed by atoms with van der Waals surface area (Å²) in [5, 5.41) is 3.00. The number of carbonyl (C=O) groups excluding carboxylic acids is 2. The molecule has 1 aliphatic rings. The lowest BCUT2D eigenvalue weighted by Gasteiger charge is -2.15. The van der Waals surface area contributed by atoms with Gasteiger partial charge in [0, 0.05) is 6.54 Å². The van der Waals surface area contributed by atoms with Gasteiger partial charge in [-0.25, -0.2) is 13.7 Å². The Labute approximate surface area is 138 Å². The molecule has 0 aromatic heterocycles. The van der Waals surface area contributed by atoms with Gasteiger partial charge in [0.15, 0.2) is 0 Å². The van der Waals surface area contributed by atoms with Crippen molar-refractivity contribution in [2.75, 3.05) is 11.4 Å². The molecule has 1 N–H and O–H groups in total. The zero-order valence-corrected chi connectivity index (χ0v) is 12.8. The van der Waals surface area contributed by atoms with Gasteiger partial charge in [-0.15, -0.1) is 0 Å². The molecule has 2 aromatic carbocycles. The van der Waals surface area contributed by atoms with Crippen LogP contribution in [0.15, 0.2) is 48.5 Å². The lowest BCUT2D eigenvalue weighted by molar-refractivity contribution is -0.121. The lowest BCUT2D eigenvalue weighted by atomic mass is 10.1. The maximum Gasteiger partial charge on any atom is 0.251 e. The van der Waals surface area contributed by atoms with Crippen LogP contribution >= 0.6 is 0 Å². The topological polar surface area (TPSA) is 49.4 Å². The average Bonchev–Trinajstić information content (AvgIpc) is 2.84. The molecule has 6 heteroatoms.